The van der Waals surface area contributed by atoms with Crippen molar-refractivity contribution >= 4 is 40.5 Å². The molecular weight excluding hydrogens is 389 g/mol. The zero-order chi connectivity index (χ0) is 19.3. The number of nitrogens with one attached hydrogen (secondary N) is 2. The monoisotopic (exact) mass is 404 g/mol. The summed E-state index contributed by atoms with van der Waals surface area (Å²) in [7, 11) is 0. The molecule has 0 bridgehead atoms. The molecule has 0 saturated heterocycles. The Kier molecular flexibility index (Phi) is 6.03. The lowest BCUT2D eigenvalue weighted by Gasteiger charge is -2.17. The second-order valence-corrected chi connectivity index (χ2v) is 7.06. The smallest absolute Gasteiger partial charge is 0.332 e. The Morgan fingerprint density at radius 3 is 2.00 bits per heavy atom. The Morgan fingerprint density at radius 1 is 0.741 bits per heavy atom. The van der Waals surface area contributed by atoms with E-state index in [-0.39, 0.29) is 10.8 Å². The third-order valence-corrected chi connectivity index (χ3v) is 4.87. The fraction of sp³-hybridized carbons (Fsp3) is 0.0500. The predicted molar refractivity (Wildman–Crippen MR) is 108 cm³/mol. The highest BCUT2D eigenvalue weighted by Crippen LogP contribution is 2.35. The summed E-state index contributed by atoms with van der Waals surface area (Å²) < 4.78 is 39.4. The molecule has 0 atom stereocenters. The van der Waals surface area contributed by atoms with Crippen LogP contribution in [-0.2, 0) is 6.18 Å². The predicted octanol–water partition coefficient (Wildman–Crippen LogP) is 6.67. The van der Waals surface area contributed by atoms with Crippen molar-refractivity contribution in [2.45, 2.75) is 16.0 Å². The van der Waals surface area contributed by atoms with Crippen LogP contribution in [0, 0.1) is 0 Å². The molecule has 0 amide bonds. The van der Waals surface area contributed by atoms with Crippen LogP contribution in [0.3, 0.4) is 0 Å². The Labute approximate surface area is 164 Å². The number of benzene rings is 3. The van der Waals surface area contributed by atoms with Gasteiger partial charge >= 0.3 is 6.18 Å². The van der Waals surface area contributed by atoms with E-state index >= 15 is 0 Å². The third kappa shape index (κ3) is 5.24. The standard InChI is InChI=1S/C20H15F3N2S2/c21-20(22,23)15-10-4-5-11-16(15)24-19(26)25-17-12-6-7-13-18(17)27-14-8-2-1-3-9-14/h1-13H,(H2,24,25,26). The van der Waals surface area contributed by atoms with E-state index in [1.807, 2.05) is 54.6 Å². The van der Waals surface area contributed by atoms with Gasteiger partial charge in [-0.1, -0.05) is 54.2 Å². The lowest BCUT2D eigenvalue weighted by atomic mass is 10.1. The van der Waals surface area contributed by atoms with Gasteiger partial charge in [0.15, 0.2) is 5.11 Å². The van der Waals surface area contributed by atoms with Crippen LogP contribution in [0.4, 0.5) is 24.5 Å². The average Bonchev–Trinajstić information content (AvgIpc) is 2.64. The van der Waals surface area contributed by atoms with Crippen molar-refractivity contribution in [3.05, 3.63) is 84.4 Å². The SMILES string of the molecule is FC(F)(F)c1ccccc1NC(=S)Nc1ccccc1Sc1ccccc1. The third-order valence-electron chi connectivity index (χ3n) is 3.59. The lowest BCUT2D eigenvalue weighted by Crippen LogP contribution is -2.21. The summed E-state index contributed by atoms with van der Waals surface area (Å²) in [4.78, 5) is 1.96. The molecule has 0 aromatic heterocycles. The normalized spacial score (nSPS) is 11.1. The van der Waals surface area contributed by atoms with Gasteiger partial charge in [-0.05, 0) is 48.6 Å². The van der Waals surface area contributed by atoms with E-state index in [1.165, 1.54) is 18.2 Å². The van der Waals surface area contributed by atoms with E-state index in [0.29, 0.717) is 5.69 Å². The van der Waals surface area contributed by atoms with Gasteiger partial charge in [0.25, 0.3) is 0 Å². The van der Waals surface area contributed by atoms with Gasteiger partial charge in [0.2, 0.25) is 0 Å². The minimum Gasteiger partial charge on any atom is -0.332 e. The van der Waals surface area contributed by atoms with E-state index in [4.69, 9.17) is 12.2 Å². The minimum atomic E-state index is -4.46. The molecule has 138 valence electrons. The number of anilines is 2. The van der Waals surface area contributed by atoms with Crippen molar-refractivity contribution in [3.8, 4) is 0 Å². The largest absolute Gasteiger partial charge is 0.418 e. The zero-order valence-electron chi connectivity index (χ0n) is 14.0. The maximum atomic E-state index is 13.1. The molecule has 0 saturated carbocycles. The quantitative estimate of drug-likeness (QED) is 0.475. The molecule has 3 aromatic carbocycles. The van der Waals surface area contributed by atoms with Crippen molar-refractivity contribution in [2.24, 2.45) is 0 Å². The van der Waals surface area contributed by atoms with Gasteiger partial charge in [-0.2, -0.15) is 13.2 Å². The van der Waals surface area contributed by atoms with E-state index in [9.17, 15) is 13.2 Å². The number of para-hydroxylation sites is 2. The molecule has 0 fully saturated rings. The summed E-state index contributed by atoms with van der Waals surface area (Å²) in [5.74, 6) is 0. The molecule has 0 unspecified atom stereocenters. The molecule has 0 aliphatic heterocycles. The van der Waals surface area contributed by atoms with Crippen molar-refractivity contribution < 1.29 is 13.2 Å². The average molecular weight is 404 g/mol. The van der Waals surface area contributed by atoms with Crippen molar-refractivity contribution in [1.82, 2.24) is 0 Å². The maximum absolute atomic E-state index is 13.1. The minimum absolute atomic E-state index is 0.0873. The summed E-state index contributed by atoms with van der Waals surface area (Å²) in [6.45, 7) is 0. The van der Waals surface area contributed by atoms with Crippen LogP contribution in [0.25, 0.3) is 0 Å². The first-order valence-electron chi connectivity index (χ1n) is 7.99. The van der Waals surface area contributed by atoms with Crippen LogP contribution in [0.1, 0.15) is 5.56 Å². The first kappa shape index (κ1) is 19.3. The number of hydrogen-bond donors (Lipinski definition) is 2. The molecule has 2 N–H and O–H groups in total. The summed E-state index contributed by atoms with van der Waals surface area (Å²) >= 11 is 6.77. The molecule has 0 radical (unpaired) electrons. The molecule has 0 heterocycles. The summed E-state index contributed by atoms with van der Waals surface area (Å²) in [6.07, 6.45) is -4.46. The van der Waals surface area contributed by atoms with Crippen LogP contribution in [0.5, 0.6) is 0 Å². The second kappa shape index (κ2) is 8.45. The van der Waals surface area contributed by atoms with E-state index in [0.717, 1.165) is 15.9 Å². The second-order valence-electron chi connectivity index (χ2n) is 5.53. The van der Waals surface area contributed by atoms with Gasteiger partial charge in [-0.3, -0.25) is 0 Å². The fourth-order valence-electron chi connectivity index (χ4n) is 2.39. The Bertz CT molecular complexity index is 928. The van der Waals surface area contributed by atoms with Crippen LogP contribution in [-0.4, -0.2) is 5.11 Å². The van der Waals surface area contributed by atoms with Crippen molar-refractivity contribution in [1.29, 1.82) is 0 Å². The van der Waals surface area contributed by atoms with E-state index in [1.54, 1.807) is 11.8 Å². The summed E-state index contributed by atoms with van der Waals surface area (Å²) in [5.41, 5.74) is -0.134. The van der Waals surface area contributed by atoms with E-state index in [2.05, 4.69) is 10.6 Å². The Morgan fingerprint density at radius 2 is 1.30 bits per heavy atom. The highest BCUT2D eigenvalue weighted by Gasteiger charge is 2.33. The molecular formula is C20H15F3N2S2. The highest BCUT2D eigenvalue weighted by atomic mass is 32.2. The molecule has 7 heteroatoms. The first-order chi connectivity index (χ1) is 12.9. The zero-order valence-corrected chi connectivity index (χ0v) is 15.6. The van der Waals surface area contributed by atoms with Crippen LogP contribution in [0.15, 0.2) is 88.7 Å². The molecule has 0 aliphatic carbocycles. The maximum Gasteiger partial charge on any atom is 0.418 e. The molecule has 0 spiro atoms. The summed E-state index contributed by atoms with van der Waals surface area (Å²) in [6, 6.07) is 22.5. The number of rotatable bonds is 4. The Hall–Kier alpha value is -2.51. The van der Waals surface area contributed by atoms with Gasteiger partial charge in [-0.15, -0.1) is 0 Å². The number of halogens is 3. The van der Waals surface area contributed by atoms with E-state index < -0.39 is 11.7 Å². The number of alkyl halides is 3. The topological polar surface area (TPSA) is 24.1 Å². The van der Waals surface area contributed by atoms with Gasteiger partial charge in [-0.25, -0.2) is 0 Å². The lowest BCUT2D eigenvalue weighted by molar-refractivity contribution is -0.136. The van der Waals surface area contributed by atoms with Crippen LogP contribution >= 0.6 is 24.0 Å². The van der Waals surface area contributed by atoms with Gasteiger partial charge in [0, 0.05) is 9.79 Å². The number of thiocarbonyl (C=S) groups is 1. The Balaban J connectivity index is 1.76. The van der Waals surface area contributed by atoms with Gasteiger partial charge in [0.05, 0.1) is 16.9 Å². The van der Waals surface area contributed by atoms with Crippen LogP contribution in [0.2, 0.25) is 0 Å². The molecule has 3 rings (SSSR count). The molecule has 0 aliphatic rings. The van der Waals surface area contributed by atoms with Crippen molar-refractivity contribution in [3.63, 3.8) is 0 Å². The molecule has 2 nitrogen and oxygen atoms in total. The van der Waals surface area contributed by atoms with Gasteiger partial charge < -0.3 is 10.6 Å². The number of hydrogen-bond acceptors (Lipinski definition) is 2. The van der Waals surface area contributed by atoms with Crippen molar-refractivity contribution in [2.75, 3.05) is 10.6 Å². The summed E-state index contributed by atoms with van der Waals surface area (Å²) in [5, 5.41) is 5.73. The molecule has 27 heavy (non-hydrogen) atoms. The first-order valence-corrected chi connectivity index (χ1v) is 9.22. The van der Waals surface area contributed by atoms with Crippen LogP contribution < -0.4 is 10.6 Å². The molecule has 3 aromatic rings. The highest BCUT2D eigenvalue weighted by molar-refractivity contribution is 7.99. The fourth-order valence-corrected chi connectivity index (χ4v) is 3.53. The van der Waals surface area contributed by atoms with Gasteiger partial charge in [0.1, 0.15) is 0 Å².